The van der Waals surface area contributed by atoms with Gasteiger partial charge in [-0.2, -0.15) is 0 Å². The molecule has 1 heterocycles. The van der Waals surface area contributed by atoms with Gasteiger partial charge in [0, 0.05) is 6.07 Å². The van der Waals surface area contributed by atoms with E-state index in [2.05, 4.69) is 4.98 Å². The first kappa shape index (κ1) is 13.7. The van der Waals surface area contributed by atoms with Crippen LogP contribution in [0.2, 0.25) is 0 Å². The Kier molecular flexibility index (Phi) is 6.11. The van der Waals surface area contributed by atoms with Crippen LogP contribution in [-0.2, 0) is 0 Å². The molecule has 0 amide bonds. The van der Waals surface area contributed by atoms with E-state index < -0.39 is 8.18 Å². The first-order chi connectivity index (χ1) is 6.30. The number of hydrogen-bond donors (Lipinski definition) is 0. The highest BCUT2D eigenvalue weighted by Crippen LogP contribution is 2.29. The number of rotatable bonds is 1. The van der Waals surface area contributed by atoms with Gasteiger partial charge in [-0.1, -0.05) is 52.5 Å². The zero-order valence-corrected chi connectivity index (χ0v) is 9.56. The minimum atomic E-state index is -1.61. The second-order valence-electron chi connectivity index (χ2n) is 1.87. The lowest BCUT2D eigenvalue weighted by Crippen LogP contribution is -1.88. The second-order valence-corrected chi connectivity index (χ2v) is 5.30. The summed E-state index contributed by atoms with van der Waals surface area (Å²) in [5, 5.41) is 9.94. The second kappa shape index (κ2) is 6.24. The lowest BCUT2D eigenvalue weighted by atomic mass is 10.5. The van der Waals surface area contributed by atoms with E-state index >= 15 is 0 Å². The molecule has 1 aromatic rings. The van der Waals surface area contributed by atoms with Crippen LogP contribution < -0.4 is 0 Å². The van der Waals surface area contributed by atoms with Crippen molar-refractivity contribution >= 4 is 52.2 Å². The summed E-state index contributed by atoms with van der Waals surface area (Å²) in [6.07, 6.45) is 1.39. The first-order valence-corrected chi connectivity index (χ1v) is 4.63. The van der Waals surface area contributed by atoms with Gasteiger partial charge in [-0.15, -0.1) is 0 Å². The van der Waals surface area contributed by atoms with Gasteiger partial charge >= 0.3 is 5.82 Å². The maximum atomic E-state index is 9.94. The van der Waals surface area contributed by atoms with Gasteiger partial charge < -0.3 is 10.1 Å². The van der Waals surface area contributed by atoms with Gasteiger partial charge in [0.25, 0.3) is 3.25 Å². The lowest BCUT2D eigenvalue weighted by Gasteiger charge is -1.91. The Labute approximate surface area is 99.9 Å². The molecule has 0 aliphatic heterocycles. The van der Waals surface area contributed by atoms with Gasteiger partial charge in [0.15, 0.2) is 0 Å². The number of aromatic nitrogens is 1. The molecule has 4 nitrogen and oxygen atoms in total. The van der Waals surface area contributed by atoms with E-state index in [0.717, 1.165) is 0 Å². The van der Waals surface area contributed by atoms with Gasteiger partial charge in [0.2, 0.25) is 0 Å². The molecule has 1 rings (SSSR count). The maximum Gasteiger partial charge on any atom is 0.363 e. The lowest BCUT2D eigenvalue weighted by molar-refractivity contribution is -0.389. The van der Waals surface area contributed by atoms with Crippen molar-refractivity contribution in [3.8, 4) is 0 Å². The molecule has 14 heavy (non-hydrogen) atoms. The summed E-state index contributed by atoms with van der Waals surface area (Å²) < 4.78 is -1.61. The summed E-state index contributed by atoms with van der Waals surface area (Å²) in [6, 6.07) is 4.55. The van der Waals surface area contributed by atoms with Crippen molar-refractivity contribution in [2.75, 3.05) is 0 Å². The standard InChI is InChI=1S/C5H4N2O2.CCl4/c8-7(9)5-3-1-2-4-6-5;2-1(3,4)5/h1-4H;. The fourth-order valence-corrected chi connectivity index (χ4v) is 0.462. The monoisotopic (exact) mass is 276 g/mol. The van der Waals surface area contributed by atoms with E-state index in [0.29, 0.717) is 0 Å². The third-order valence-corrected chi connectivity index (χ3v) is 0.836. The van der Waals surface area contributed by atoms with Gasteiger partial charge in [-0.05, 0) is 16.0 Å². The highest BCUT2D eigenvalue weighted by Gasteiger charge is 2.11. The highest BCUT2D eigenvalue weighted by molar-refractivity contribution is 6.83. The Balaban J connectivity index is 0.000000292. The minimum absolute atomic E-state index is 0.113. The number of nitrogens with zero attached hydrogens (tertiary/aromatic N) is 2. The molecule has 78 valence electrons. The molecule has 0 aliphatic rings. The molecule has 1 aromatic heterocycles. The number of halogens is 4. The van der Waals surface area contributed by atoms with Crippen LogP contribution in [0.5, 0.6) is 0 Å². The van der Waals surface area contributed by atoms with Crippen molar-refractivity contribution in [1.29, 1.82) is 0 Å². The first-order valence-electron chi connectivity index (χ1n) is 3.12. The fraction of sp³-hybridized carbons (Fsp3) is 0.167. The fourth-order valence-electron chi connectivity index (χ4n) is 0.462. The molecule has 0 aliphatic carbocycles. The third kappa shape index (κ3) is 9.80. The van der Waals surface area contributed by atoms with Crippen molar-refractivity contribution < 1.29 is 4.92 Å². The van der Waals surface area contributed by atoms with Gasteiger partial charge in [0.1, 0.15) is 6.20 Å². The molecule has 0 saturated heterocycles. The number of hydrogen-bond acceptors (Lipinski definition) is 3. The van der Waals surface area contributed by atoms with Crippen LogP contribution in [0.1, 0.15) is 0 Å². The van der Waals surface area contributed by atoms with Crippen LogP contribution in [0.25, 0.3) is 0 Å². The average Bonchev–Trinajstić information content (AvgIpc) is 2.03. The summed E-state index contributed by atoms with van der Waals surface area (Å²) in [5.74, 6) is -0.113. The van der Waals surface area contributed by atoms with E-state index in [9.17, 15) is 10.1 Å². The van der Waals surface area contributed by atoms with E-state index in [1.165, 1.54) is 12.3 Å². The van der Waals surface area contributed by atoms with Crippen molar-refractivity contribution in [1.82, 2.24) is 4.98 Å². The van der Waals surface area contributed by atoms with Crippen LogP contribution in [0.3, 0.4) is 0 Å². The summed E-state index contributed by atoms with van der Waals surface area (Å²) in [7, 11) is 0. The van der Waals surface area contributed by atoms with Crippen molar-refractivity contribution in [2.45, 2.75) is 3.25 Å². The minimum Gasteiger partial charge on any atom is -0.358 e. The Morgan fingerprint density at radius 3 is 2.00 bits per heavy atom. The van der Waals surface area contributed by atoms with Crippen molar-refractivity contribution in [2.24, 2.45) is 0 Å². The quantitative estimate of drug-likeness (QED) is 0.448. The van der Waals surface area contributed by atoms with Crippen LogP contribution in [0, 0.1) is 10.1 Å². The summed E-state index contributed by atoms with van der Waals surface area (Å²) in [5.41, 5.74) is 0. The SMILES string of the molecule is ClC(Cl)(Cl)Cl.O=[N+]([O-])c1ccccn1. The Morgan fingerprint density at radius 2 is 1.79 bits per heavy atom. The molecule has 0 N–H and O–H groups in total. The molecule has 0 atom stereocenters. The average molecular weight is 278 g/mol. The summed E-state index contributed by atoms with van der Waals surface area (Å²) in [4.78, 5) is 12.9. The predicted octanol–water partition coefficient (Wildman–Crippen LogP) is 3.54. The predicted molar refractivity (Wildman–Crippen MR) is 57.0 cm³/mol. The number of alkyl halides is 4. The smallest absolute Gasteiger partial charge is 0.358 e. The normalized spacial score (nSPS) is 10.0. The van der Waals surface area contributed by atoms with E-state index in [1.807, 2.05) is 0 Å². The van der Waals surface area contributed by atoms with E-state index in [1.54, 1.807) is 12.1 Å². The maximum absolute atomic E-state index is 9.94. The summed E-state index contributed by atoms with van der Waals surface area (Å²) >= 11 is 19.3. The topological polar surface area (TPSA) is 56.0 Å². The van der Waals surface area contributed by atoms with Gasteiger partial charge in [-0.25, -0.2) is 0 Å². The molecule has 0 aromatic carbocycles. The number of pyridine rings is 1. The van der Waals surface area contributed by atoms with Gasteiger partial charge in [-0.3, -0.25) is 0 Å². The third-order valence-electron chi connectivity index (χ3n) is 0.836. The van der Waals surface area contributed by atoms with Crippen LogP contribution in [-0.4, -0.2) is 13.2 Å². The van der Waals surface area contributed by atoms with Crippen LogP contribution in [0.4, 0.5) is 5.82 Å². The van der Waals surface area contributed by atoms with E-state index in [4.69, 9.17) is 46.4 Å². The molecule has 0 spiro atoms. The zero-order chi connectivity index (χ0) is 11.2. The van der Waals surface area contributed by atoms with Crippen molar-refractivity contribution in [3.05, 3.63) is 34.5 Å². The molecule has 0 fully saturated rings. The Bertz CT molecular complexity index is 282. The molecular weight excluding hydrogens is 274 g/mol. The van der Waals surface area contributed by atoms with Crippen LogP contribution in [0.15, 0.2) is 24.4 Å². The Morgan fingerprint density at radius 1 is 1.29 bits per heavy atom. The summed E-state index contributed by atoms with van der Waals surface area (Å²) in [6.45, 7) is 0. The van der Waals surface area contributed by atoms with Crippen LogP contribution >= 0.6 is 46.4 Å². The van der Waals surface area contributed by atoms with Gasteiger partial charge in [0.05, 0.1) is 0 Å². The zero-order valence-electron chi connectivity index (χ0n) is 6.53. The molecular formula is C6H4Cl4N2O2. The molecule has 8 heteroatoms. The molecule has 0 unspecified atom stereocenters. The highest BCUT2D eigenvalue weighted by atomic mass is 35.6. The largest absolute Gasteiger partial charge is 0.363 e. The van der Waals surface area contributed by atoms with Crippen molar-refractivity contribution in [3.63, 3.8) is 0 Å². The Hall–Kier alpha value is -0.290. The molecule has 0 radical (unpaired) electrons. The molecule has 0 bridgehead atoms. The number of nitro groups is 1. The molecule has 0 saturated carbocycles. The van der Waals surface area contributed by atoms with E-state index in [-0.39, 0.29) is 5.82 Å².